The zero-order valence-electron chi connectivity index (χ0n) is 17.4. The Kier molecular flexibility index (Phi) is 5.33. The van der Waals surface area contributed by atoms with Crippen molar-refractivity contribution < 1.29 is 9.53 Å². The molecule has 1 aromatic carbocycles. The number of benzene rings is 1. The summed E-state index contributed by atoms with van der Waals surface area (Å²) in [6, 6.07) is 15.3. The number of rotatable bonds is 5. The van der Waals surface area contributed by atoms with Crippen molar-refractivity contribution in [3.63, 3.8) is 0 Å². The minimum Gasteiger partial charge on any atom is -0.490 e. The second-order valence-corrected chi connectivity index (χ2v) is 7.67. The standard InChI is InChI=1S/C24H22N6O2/c25-22(31)21-14-18(7-11-27-21)32-17-8-12-30(13-9-17)24-19-5-1-2-6-20(19)28-23(29-24)16-4-3-10-26-15-16/h1-7,10-11,14-15,17H,8-9,12-13H2,(H2,25,31). The Hall–Kier alpha value is -4.07. The predicted octanol–water partition coefficient (Wildman–Crippen LogP) is 3.23. The lowest BCUT2D eigenvalue weighted by atomic mass is 10.1. The fourth-order valence-electron chi connectivity index (χ4n) is 3.92. The number of amides is 1. The third-order valence-electron chi connectivity index (χ3n) is 5.53. The number of anilines is 1. The molecule has 0 aliphatic carbocycles. The molecule has 1 saturated heterocycles. The molecule has 32 heavy (non-hydrogen) atoms. The maximum atomic E-state index is 11.4. The zero-order chi connectivity index (χ0) is 21.9. The summed E-state index contributed by atoms with van der Waals surface area (Å²) in [5.41, 5.74) is 7.32. The number of carbonyl (C=O) groups excluding carboxylic acids is 1. The minimum atomic E-state index is -0.565. The van der Waals surface area contributed by atoms with Gasteiger partial charge in [-0.15, -0.1) is 0 Å². The highest BCUT2D eigenvalue weighted by atomic mass is 16.5. The van der Waals surface area contributed by atoms with Gasteiger partial charge in [0.05, 0.1) is 5.52 Å². The molecule has 8 heteroatoms. The molecule has 1 fully saturated rings. The summed E-state index contributed by atoms with van der Waals surface area (Å²) in [7, 11) is 0. The molecule has 4 heterocycles. The van der Waals surface area contributed by atoms with Crippen molar-refractivity contribution in [1.29, 1.82) is 0 Å². The highest BCUT2D eigenvalue weighted by Gasteiger charge is 2.24. The summed E-state index contributed by atoms with van der Waals surface area (Å²) in [6.45, 7) is 1.60. The maximum Gasteiger partial charge on any atom is 0.267 e. The van der Waals surface area contributed by atoms with Crippen LogP contribution in [0.2, 0.25) is 0 Å². The number of hydrogen-bond acceptors (Lipinski definition) is 7. The molecule has 0 radical (unpaired) electrons. The van der Waals surface area contributed by atoms with E-state index in [1.54, 1.807) is 24.5 Å². The molecule has 0 bridgehead atoms. The normalized spacial score (nSPS) is 14.4. The van der Waals surface area contributed by atoms with Crippen LogP contribution in [0.5, 0.6) is 5.75 Å². The SMILES string of the molecule is NC(=O)c1cc(OC2CCN(c3nc(-c4cccnc4)nc4ccccc34)CC2)ccn1. The van der Waals surface area contributed by atoms with Crippen molar-refractivity contribution in [3.05, 3.63) is 72.8 Å². The molecular weight excluding hydrogens is 404 g/mol. The molecule has 1 amide bonds. The number of nitrogens with zero attached hydrogens (tertiary/aromatic N) is 5. The van der Waals surface area contributed by atoms with Gasteiger partial charge in [0.25, 0.3) is 5.91 Å². The van der Waals surface area contributed by atoms with E-state index >= 15 is 0 Å². The van der Waals surface area contributed by atoms with Gasteiger partial charge in [-0.25, -0.2) is 9.97 Å². The minimum absolute atomic E-state index is 0.0419. The number of nitrogens with two attached hydrogens (primary N) is 1. The van der Waals surface area contributed by atoms with Gasteiger partial charge in [0.1, 0.15) is 23.4 Å². The summed E-state index contributed by atoms with van der Waals surface area (Å²) < 4.78 is 6.10. The first-order valence-corrected chi connectivity index (χ1v) is 10.5. The van der Waals surface area contributed by atoms with Gasteiger partial charge in [0, 0.05) is 61.5 Å². The van der Waals surface area contributed by atoms with E-state index in [2.05, 4.69) is 20.9 Å². The number of carbonyl (C=O) groups is 1. The molecule has 2 N–H and O–H groups in total. The van der Waals surface area contributed by atoms with Crippen molar-refractivity contribution >= 4 is 22.6 Å². The average molecular weight is 426 g/mol. The molecule has 0 unspecified atom stereocenters. The summed E-state index contributed by atoms with van der Waals surface area (Å²) in [6.07, 6.45) is 6.76. The molecule has 8 nitrogen and oxygen atoms in total. The first kappa shape index (κ1) is 19.9. The van der Waals surface area contributed by atoms with Crippen LogP contribution in [0, 0.1) is 0 Å². The van der Waals surface area contributed by atoms with E-state index in [0.29, 0.717) is 11.6 Å². The molecule has 3 aromatic heterocycles. The van der Waals surface area contributed by atoms with Crippen LogP contribution in [0.3, 0.4) is 0 Å². The Bertz CT molecular complexity index is 1260. The number of pyridine rings is 2. The van der Waals surface area contributed by atoms with Gasteiger partial charge in [0.2, 0.25) is 0 Å². The Labute approximate surface area is 185 Å². The fourth-order valence-corrected chi connectivity index (χ4v) is 3.92. The number of hydrogen-bond donors (Lipinski definition) is 1. The summed E-state index contributed by atoms with van der Waals surface area (Å²) >= 11 is 0. The van der Waals surface area contributed by atoms with E-state index in [9.17, 15) is 4.79 Å². The highest BCUT2D eigenvalue weighted by Crippen LogP contribution is 2.30. The Balaban J connectivity index is 1.37. The lowest BCUT2D eigenvalue weighted by Crippen LogP contribution is -2.39. The number of primary amides is 1. The van der Waals surface area contributed by atoms with E-state index in [-0.39, 0.29) is 11.8 Å². The van der Waals surface area contributed by atoms with Crippen molar-refractivity contribution in [2.75, 3.05) is 18.0 Å². The molecular formula is C24H22N6O2. The number of aromatic nitrogens is 4. The van der Waals surface area contributed by atoms with E-state index in [0.717, 1.165) is 48.2 Å². The van der Waals surface area contributed by atoms with Crippen molar-refractivity contribution in [2.45, 2.75) is 18.9 Å². The number of piperidine rings is 1. The maximum absolute atomic E-state index is 11.4. The van der Waals surface area contributed by atoms with Gasteiger partial charge < -0.3 is 15.4 Å². The number of para-hydroxylation sites is 1. The molecule has 0 atom stereocenters. The van der Waals surface area contributed by atoms with Gasteiger partial charge in [-0.1, -0.05) is 12.1 Å². The van der Waals surface area contributed by atoms with Crippen molar-refractivity contribution in [2.24, 2.45) is 5.73 Å². The second-order valence-electron chi connectivity index (χ2n) is 7.67. The van der Waals surface area contributed by atoms with Gasteiger partial charge in [-0.05, 0) is 30.3 Å². The molecule has 1 aliphatic heterocycles. The van der Waals surface area contributed by atoms with E-state index < -0.39 is 5.91 Å². The first-order valence-electron chi connectivity index (χ1n) is 10.5. The first-order chi connectivity index (χ1) is 15.7. The molecule has 160 valence electrons. The van der Waals surface area contributed by atoms with Crippen LogP contribution in [-0.4, -0.2) is 45.0 Å². The van der Waals surface area contributed by atoms with Crippen LogP contribution in [0.1, 0.15) is 23.3 Å². The van der Waals surface area contributed by atoms with Crippen LogP contribution < -0.4 is 15.4 Å². The molecule has 4 aromatic rings. The largest absolute Gasteiger partial charge is 0.490 e. The van der Waals surface area contributed by atoms with Crippen LogP contribution in [0.4, 0.5) is 5.82 Å². The molecule has 0 spiro atoms. The van der Waals surface area contributed by atoms with Crippen LogP contribution in [0.15, 0.2) is 67.1 Å². The molecule has 1 aliphatic rings. The monoisotopic (exact) mass is 426 g/mol. The third-order valence-corrected chi connectivity index (χ3v) is 5.53. The quantitative estimate of drug-likeness (QED) is 0.522. The van der Waals surface area contributed by atoms with Gasteiger partial charge >= 0.3 is 0 Å². The van der Waals surface area contributed by atoms with Gasteiger partial charge in [-0.2, -0.15) is 0 Å². The van der Waals surface area contributed by atoms with Gasteiger partial charge in [-0.3, -0.25) is 14.8 Å². The number of ether oxygens (including phenoxy) is 1. The van der Waals surface area contributed by atoms with Crippen LogP contribution in [-0.2, 0) is 0 Å². The second kappa shape index (κ2) is 8.58. The Morgan fingerprint density at radius 2 is 1.88 bits per heavy atom. The topological polar surface area (TPSA) is 107 Å². The fraction of sp³-hybridized carbons (Fsp3) is 0.208. The highest BCUT2D eigenvalue weighted by molar-refractivity contribution is 5.91. The molecule has 0 saturated carbocycles. The Morgan fingerprint density at radius 3 is 2.66 bits per heavy atom. The van der Waals surface area contributed by atoms with Crippen LogP contribution >= 0.6 is 0 Å². The summed E-state index contributed by atoms with van der Waals surface area (Å²) in [5.74, 6) is 1.64. The van der Waals surface area contributed by atoms with E-state index in [4.69, 9.17) is 20.4 Å². The Morgan fingerprint density at radius 1 is 1.03 bits per heavy atom. The van der Waals surface area contributed by atoms with Crippen molar-refractivity contribution in [3.8, 4) is 17.1 Å². The number of fused-ring (bicyclic) bond motifs is 1. The summed E-state index contributed by atoms with van der Waals surface area (Å²) in [5, 5.41) is 1.03. The average Bonchev–Trinajstić information content (AvgIpc) is 2.84. The van der Waals surface area contributed by atoms with Crippen molar-refractivity contribution in [1.82, 2.24) is 19.9 Å². The lowest BCUT2D eigenvalue weighted by molar-refractivity contribution is 0.0994. The van der Waals surface area contributed by atoms with E-state index in [1.807, 2.05) is 30.3 Å². The van der Waals surface area contributed by atoms with E-state index in [1.165, 1.54) is 6.20 Å². The lowest BCUT2D eigenvalue weighted by Gasteiger charge is -2.33. The zero-order valence-corrected chi connectivity index (χ0v) is 17.4. The van der Waals surface area contributed by atoms with Crippen LogP contribution in [0.25, 0.3) is 22.3 Å². The summed E-state index contributed by atoms with van der Waals surface area (Å²) in [4.78, 5) is 31.5. The smallest absolute Gasteiger partial charge is 0.267 e. The predicted molar refractivity (Wildman–Crippen MR) is 121 cm³/mol. The molecule has 5 rings (SSSR count). The third kappa shape index (κ3) is 4.07. The van der Waals surface area contributed by atoms with Gasteiger partial charge in [0.15, 0.2) is 5.82 Å².